The van der Waals surface area contributed by atoms with Gasteiger partial charge in [-0.05, 0) is 38.5 Å². The number of unbranched alkanes of at least 4 members (excludes halogenated alkanes) is 5. The summed E-state index contributed by atoms with van der Waals surface area (Å²) in [7, 11) is 0. The summed E-state index contributed by atoms with van der Waals surface area (Å²) in [5.74, 6) is -0.447. The number of rotatable bonds is 15. The summed E-state index contributed by atoms with van der Waals surface area (Å²) in [4.78, 5) is 11.2. The number of allylic oxidation sites excluding steroid dienone is 6. The molecule has 1 unspecified atom stereocenters. The maximum absolute atomic E-state index is 11.2. The number of aliphatic hydroxyl groups is 2. The van der Waals surface area contributed by atoms with Crippen LogP contribution in [0.5, 0.6) is 0 Å². The van der Waals surface area contributed by atoms with Crippen LogP contribution in [0.4, 0.5) is 0 Å². The number of aliphatic hydroxyl groups excluding tert-OH is 2. The molecule has 0 rings (SSSR count). The SMILES string of the molecule is CC/C=C\C/C=C\C/C=C\CCCCCCCC(=O)OC(O)CO. The van der Waals surface area contributed by atoms with Gasteiger partial charge in [-0.2, -0.15) is 0 Å². The van der Waals surface area contributed by atoms with Crippen LogP contribution in [0, 0.1) is 0 Å². The van der Waals surface area contributed by atoms with Crippen LogP contribution in [0.2, 0.25) is 0 Å². The Balaban J connectivity index is 3.34. The third-order valence-corrected chi connectivity index (χ3v) is 3.46. The van der Waals surface area contributed by atoms with Crippen LogP contribution >= 0.6 is 0 Å². The van der Waals surface area contributed by atoms with Gasteiger partial charge in [0.25, 0.3) is 0 Å². The highest BCUT2D eigenvalue weighted by molar-refractivity contribution is 5.69. The summed E-state index contributed by atoms with van der Waals surface area (Å²) >= 11 is 0. The fourth-order valence-electron chi connectivity index (χ4n) is 2.14. The van der Waals surface area contributed by atoms with E-state index in [0.29, 0.717) is 6.42 Å². The molecule has 138 valence electrons. The van der Waals surface area contributed by atoms with Gasteiger partial charge in [-0.25, -0.2) is 0 Å². The fraction of sp³-hybridized carbons (Fsp3) is 0.650. The quantitative estimate of drug-likeness (QED) is 0.201. The lowest BCUT2D eigenvalue weighted by atomic mass is 10.1. The van der Waals surface area contributed by atoms with Crippen molar-refractivity contribution >= 4 is 5.97 Å². The molecule has 0 heterocycles. The van der Waals surface area contributed by atoms with Crippen LogP contribution in [-0.2, 0) is 9.53 Å². The molecule has 24 heavy (non-hydrogen) atoms. The Kier molecular flexibility index (Phi) is 16.9. The first kappa shape index (κ1) is 22.6. The number of hydrogen-bond acceptors (Lipinski definition) is 4. The summed E-state index contributed by atoms with van der Waals surface area (Å²) in [6.45, 7) is 1.59. The van der Waals surface area contributed by atoms with Crippen molar-refractivity contribution in [1.29, 1.82) is 0 Å². The van der Waals surface area contributed by atoms with Gasteiger partial charge in [0.1, 0.15) is 6.61 Å². The monoisotopic (exact) mass is 338 g/mol. The zero-order chi connectivity index (χ0) is 17.9. The Morgan fingerprint density at radius 3 is 2.17 bits per heavy atom. The minimum absolute atomic E-state index is 0.302. The summed E-state index contributed by atoms with van der Waals surface area (Å²) in [6.07, 6.45) is 21.6. The van der Waals surface area contributed by atoms with Crippen LogP contribution < -0.4 is 0 Å². The van der Waals surface area contributed by atoms with E-state index in [1.54, 1.807) is 0 Å². The molecule has 0 radical (unpaired) electrons. The topological polar surface area (TPSA) is 66.8 Å². The lowest BCUT2D eigenvalue weighted by Crippen LogP contribution is -2.20. The van der Waals surface area contributed by atoms with E-state index < -0.39 is 18.9 Å². The number of hydrogen-bond donors (Lipinski definition) is 2. The Morgan fingerprint density at radius 2 is 1.50 bits per heavy atom. The van der Waals surface area contributed by atoms with Crippen LogP contribution in [0.25, 0.3) is 0 Å². The average Bonchev–Trinajstić information content (AvgIpc) is 2.58. The van der Waals surface area contributed by atoms with Crippen LogP contribution in [0.15, 0.2) is 36.5 Å². The lowest BCUT2D eigenvalue weighted by Gasteiger charge is -2.08. The van der Waals surface area contributed by atoms with Gasteiger partial charge >= 0.3 is 5.97 Å². The van der Waals surface area contributed by atoms with Crippen molar-refractivity contribution in [1.82, 2.24) is 0 Å². The highest BCUT2D eigenvalue weighted by Crippen LogP contribution is 2.08. The first-order valence-electron chi connectivity index (χ1n) is 9.14. The maximum atomic E-state index is 11.2. The first-order valence-corrected chi connectivity index (χ1v) is 9.14. The molecule has 0 aliphatic rings. The number of esters is 1. The molecule has 0 bridgehead atoms. The van der Waals surface area contributed by atoms with Crippen LogP contribution in [0.3, 0.4) is 0 Å². The van der Waals surface area contributed by atoms with Gasteiger partial charge in [-0.3, -0.25) is 4.79 Å². The predicted molar refractivity (Wildman–Crippen MR) is 98.4 cm³/mol. The fourth-order valence-corrected chi connectivity index (χ4v) is 2.14. The van der Waals surface area contributed by atoms with E-state index in [0.717, 1.165) is 51.4 Å². The van der Waals surface area contributed by atoms with E-state index in [9.17, 15) is 4.79 Å². The zero-order valence-electron chi connectivity index (χ0n) is 15.0. The van der Waals surface area contributed by atoms with E-state index in [2.05, 4.69) is 48.1 Å². The van der Waals surface area contributed by atoms with Crippen molar-refractivity contribution < 1.29 is 19.7 Å². The number of ether oxygens (including phenoxy) is 1. The standard InChI is InChI=1S/C20H34O4/c1-2-3-4-5-6-7-8-9-10-11-12-13-14-15-16-17-19(22)24-20(23)18-21/h3-4,6-7,9-10,20-21,23H,2,5,8,11-18H2,1H3/b4-3-,7-6-,10-9-. The number of carbonyl (C=O) groups excluding carboxylic acids is 1. The summed E-state index contributed by atoms with van der Waals surface area (Å²) < 4.78 is 4.57. The molecule has 0 aliphatic heterocycles. The van der Waals surface area contributed by atoms with Gasteiger partial charge in [-0.15, -0.1) is 0 Å². The molecule has 0 aliphatic carbocycles. The molecule has 0 aromatic rings. The van der Waals surface area contributed by atoms with Crippen LogP contribution in [0.1, 0.15) is 71.1 Å². The molecule has 0 aromatic carbocycles. The molecule has 4 nitrogen and oxygen atoms in total. The predicted octanol–water partition coefficient (Wildman–Crippen LogP) is 4.43. The van der Waals surface area contributed by atoms with Crippen LogP contribution in [-0.4, -0.2) is 29.1 Å². The molecule has 0 amide bonds. The molecule has 0 aromatic heterocycles. The van der Waals surface area contributed by atoms with Crippen molar-refractivity contribution in [2.24, 2.45) is 0 Å². The Labute approximate surface area is 146 Å². The van der Waals surface area contributed by atoms with Gasteiger partial charge in [-0.1, -0.05) is 62.6 Å². The maximum Gasteiger partial charge on any atom is 0.308 e. The van der Waals surface area contributed by atoms with Gasteiger partial charge in [0.15, 0.2) is 0 Å². The minimum atomic E-state index is -1.38. The lowest BCUT2D eigenvalue weighted by molar-refractivity contribution is -0.173. The molecule has 1 atom stereocenters. The van der Waals surface area contributed by atoms with Crippen molar-refractivity contribution in [2.45, 2.75) is 77.4 Å². The van der Waals surface area contributed by atoms with E-state index in [-0.39, 0.29) is 0 Å². The van der Waals surface area contributed by atoms with E-state index in [4.69, 9.17) is 10.2 Å². The molecular weight excluding hydrogens is 304 g/mol. The van der Waals surface area contributed by atoms with Crippen molar-refractivity contribution in [3.8, 4) is 0 Å². The molecular formula is C20H34O4. The normalized spacial score (nSPS) is 13.3. The smallest absolute Gasteiger partial charge is 0.308 e. The van der Waals surface area contributed by atoms with Crippen molar-refractivity contribution in [2.75, 3.05) is 6.61 Å². The Morgan fingerprint density at radius 1 is 0.917 bits per heavy atom. The Bertz CT molecular complexity index is 372. The van der Waals surface area contributed by atoms with E-state index in [1.807, 2.05) is 0 Å². The summed E-state index contributed by atoms with van der Waals surface area (Å²) in [6, 6.07) is 0. The second kappa shape index (κ2) is 18.0. The molecule has 0 spiro atoms. The highest BCUT2D eigenvalue weighted by Gasteiger charge is 2.08. The van der Waals surface area contributed by atoms with E-state index in [1.165, 1.54) is 6.42 Å². The zero-order valence-corrected chi connectivity index (χ0v) is 15.0. The van der Waals surface area contributed by atoms with Gasteiger partial charge in [0.2, 0.25) is 6.29 Å². The second-order valence-corrected chi connectivity index (χ2v) is 5.73. The molecule has 0 fully saturated rings. The molecule has 4 heteroatoms. The third-order valence-electron chi connectivity index (χ3n) is 3.46. The summed E-state index contributed by atoms with van der Waals surface area (Å²) in [5.41, 5.74) is 0. The van der Waals surface area contributed by atoms with E-state index >= 15 is 0 Å². The largest absolute Gasteiger partial charge is 0.433 e. The van der Waals surface area contributed by atoms with Crippen molar-refractivity contribution in [3.05, 3.63) is 36.5 Å². The highest BCUT2D eigenvalue weighted by atomic mass is 16.6. The third kappa shape index (κ3) is 17.0. The molecule has 0 saturated heterocycles. The number of carbonyl (C=O) groups is 1. The first-order chi connectivity index (χ1) is 11.7. The molecule has 2 N–H and O–H groups in total. The van der Waals surface area contributed by atoms with Gasteiger partial charge < -0.3 is 14.9 Å². The second-order valence-electron chi connectivity index (χ2n) is 5.73. The average molecular weight is 338 g/mol. The summed E-state index contributed by atoms with van der Waals surface area (Å²) in [5, 5.41) is 17.5. The van der Waals surface area contributed by atoms with Gasteiger partial charge in [0.05, 0.1) is 0 Å². The minimum Gasteiger partial charge on any atom is -0.433 e. The molecule has 0 saturated carbocycles. The Hall–Kier alpha value is -1.39. The van der Waals surface area contributed by atoms with Gasteiger partial charge in [0, 0.05) is 6.42 Å². The van der Waals surface area contributed by atoms with Crippen molar-refractivity contribution in [3.63, 3.8) is 0 Å².